The molecule has 0 spiro atoms. The van der Waals surface area contributed by atoms with Crippen LogP contribution in [0.25, 0.3) is 11.0 Å². The van der Waals surface area contributed by atoms with Gasteiger partial charge in [0.05, 0.1) is 22.9 Å². The van der Waals surface area contributed by atoms with Crippen LogP contribution >= 0.6 is 12.4 Å². The predicted octanol–water partition coefficient (Wildman–Crippen LogP) is 2.42. The molecule has 22 heavy (non-hydrogen) atoms. The number of imidazole rings is 1. The number of rotatable bonds is 4. The molecule has 2 aromatic heterocycles. The van der Waals surface area contributed by atoms with Gasteiger partial charge in [0.1, 0.15) is 0 Å². The van der Waals surface area contributed by atoms with E-state index in [4.69, 9.17) is 10.3 Å². The molecule has 7 heteroatoms. The quantitative estimate of drug-likeness (QED) is 0.798. The highest BCUT2D eigenvalue weighted by atomic mass is 35.5. The highest BCUT2D eigenvalue weighted by molar-refractivity contribution is 5.85. The van der Waals surface area contributed by atoms with Crippen molar-refractivity contribution in [1.82, 2.24) is 19.7 Å². The lowest BCUT2D eigenvalue weighted by molar-refractivity contribution is 0.229. The van der Waals surface area contributed by atoms with Crippen molar-refractivity contribution in [3.63, 3.8) is 0 Å². The number of hydrogen-bond acceptors (Lipinski definition) is 5. The maximum absolute atomic E-state index is 6.20. The first kappa shape index (κ1) is 15.0. The van der Waals surface area contributed by atoms with Gasteiger partial charge in [-0.3, -0.25) is 0 Å². The average molecular weight is 320 g/mol. The molecule has 0 atom stereocenters. The summed E-state index contributed by atoms with van der Waals surface area (Å²) in [4.78, 5) is 8.82. The Balaban J connectivity index is 0.00000144. The lowest BCUT2D eigenvalue weighted by Crippen LogP contribution is -2.44. The van der Waals surface area contributed by atoms with Crippen molar-refractivity contribution in [3.05, 3.63) is 42.3 Å². The highest BCUT2D eigenvalue weighted by Crippen LogP contribution is 2.36. The summed E-state index contributed by atoms with van der Waals surface area (Å²) in [6, 6.07) is 8.07. The van der Waals surface area contributed by atoms with E-state index in [1.54, 1.807) is 0 Å². The van der Waals surface area contributed by atoms with Crippen molar-refractivity contribution >= 4 is 23.4 Å². The van der Waals surface area contributed by atoms with E-state index in [0.717, 1.165) is 36.8 Å². The van der Waals surface area contributed by atoms with E-state index in [-0.39, 0.29) is 17.9 Å². The van der Waals surface area contributed by atoms with Crippen molar-refractivity contribution < 1.29 is 4.52 Å². The van der Waals surface area contributed by atoms with E-state index in [9.17, 15) is 0 Å². The SMILES string of the molecule is Cl.NC1(c2noc(CCn3cnc4ccccc43)n2)CCC1. The number of hydrogen-bond donors (Lipinski definition) is 1. The van der Waals surface area contributed by atoms with Gasteiger partial charge in [-0.15, -0.1) is 12.4 Å². The Bertz CT molecular complexity index is 777. The first-order chi connectivity index (χ1) is 10.2. The number of aryl methyl sites for hydroxylation is 2. The van der Waals surface area contributed by atoms with E-state index in [1.165, 1.54) is 0 Å². The van der Waals surface area contributed by atoms with Crippen LogP contribution in [0.3, 0.4) is 0 Å². The number of benzene rings is 1. The Morgan fingerprint density at radius 1 is 1.27 bits per heavy atom. The molecule has 2 N–H and O–H groups in total. The average Bonchev–Trinajstić information content (AvgIpc) is 3.10. The van der Waals surface area contributed by atoms with Gasteiger partial charge in [-0.1, -0.05) is 17.3 Å². The number of halogens is 1. The normalized spacial score (nSPS) is 16.2. The zero-order valence-electron chi connectivity index (χ0n) is 12.1. The summed E-state index contributed by atoms with van der Waals surface area (Å²) in [5, 5.41) is 4.04. The molecule has 0 unspecified atom stereocenters. The number of aromatic nitrogens is 4. The molecule has 0 bridgehead atoms. The summed E-state index contributed by atoms with van der Waals surface area (Å²) in [6.07, 6.45) is 5.55. The maximum Gasteiger partial charge on any atom is 0.228 e. The van der Waals surface area contributed by atoms with Crippen LogP contribution in [0.2, 0.25) is 0 Å². The third-order valence-electron chi connectivity index (χ3n) is 4.25. The highest BCUT2D eigenvalue weighted by Gasteiger charge is 2.38. The third-order valence-corrected chi connectivity index (χ3v) is 4.25. The Morgan fingerprint density at radius 2 is 2.09 bits per heavy atom. The molecule has 2 heterocycles. The molecule has 1 saturated carbocycles. The van der Waals surface area contributed by atoms with Gasteiger partial charge in [-0.05, 0) is 31.4 Å². The van der Waals surface area contributed by atoms with Crippen molar-refractivity contribution in [2.24, 2.45) is 5.73 Å². The molecule has 6 nitrogen and oxygen atoms in total. The molecular weight excluding hydrogens is 302 g/mol. The Hall–Kier alpha value is -1.92. The van der Waals surface area contributed by atoms with Gasteiger partial charge in [0.15, 0.2) is 5.82 Å². The smallest absolute Gasteiger partial charge is 0.228 e. The summed E-state index contributed by atoms with van der Waals surface area (Å²) in [5.74, 6) is 1.29. The summed E-state index contributed by atoms with van der Waals surface area (Å²) in [7, 11) is 0. The molecule has 0 amide bonds. The largest absolute Gasteiger partial charge is 0.339 e. The molecule has 116 valence electrons. The second-order valence-corrected chi connectivity index (χ2v) is 5.70. The number of para-hydroxylation sites is 2. The number of fused-ring (bicyclic) bond motifs is 1. The molecule has 1 aliphatic carbocycles. The fourth-order valence-corrected chi connectivity index (χ4v) is 2.74. The molecule has 0 radical (unpaired) electrons. The van der Waals surface area contributed by atoms with Gasteiger partial charge >= 0.3 is 0 Å². The third kappa shape index (κ3) is 2.48. The molecule has 0 saturated heterocycles. The van der Waals surface area contributed by atoms with Gasteiger partial charge in [0.2, 0.25) is 5.89 Å². The second-order valence-electron chi connectivity index (χ2n) is 5.70. The van der Waals surface area contributed by atoms with Crippen LogP contribution in [0.4, 0.5) is 0 Å². The minimum absolute atomic E-state index is 0. The van der Waals surface area contributed by atoms with Gasteiger partial charge < -0.3 is 14.8 Å². The van der Waals surface area contributed by atoms with Crippen LogP contribution in [0, 0.1) is 0 Å². The second kappa shape index (κ2) is 5.70. The van der Waals surface area contributed by atoms with E-state index in [2.05, 4.69) is 25.8 Å². The van der Waals surface area contributed by atoms with E-state index >= 15 is 0 Å². The van der Waals surface area contributed by atoms with Gasteiger partial charge in [-0.2, -0.15) is 4.98 Å². The van der Waals surface area contributed by atoms with Crippen LogP contribution in [0.15, 0.2) is 35.1 Å². The van der Waals surface area contributed by atoms with E-state index in [1.807, 2.05) is 24.5 Å². The zero-order chi connectivity index (χ0) is 14.3. The van der Waals surface area contributed by atoms with Gasteiger partial charge in [0, 0.05) is 13.0 Å². The van der Waals surface area contributed by atoms with Crippen molar-refractivity contribution in [2.75, 3.05) is 0 Å². The fraction of sp³-hybridized carbons (Fsp3) is 0.400. The molecule has 1 aliphatic rings. The number of nitrogens with two attached hydrogens (primary N) is 1. The molecule has 0 aliphatic heterocycles. The Kier molecular flexibility index (Phi) is 3.88. The predicted molar refractivity (Wildman–Crippen MR) is 84.7 cm³/mol. The molecule has 1 aromatic carbocycles. The van der Waals surface area contributed by atoms with Crippen LogP contribution in [0.1, 0.15) is 31.0 Å². The lowest BCUT2D eigenvalue weighted by atomic mass is 9.77. The molecular formula is C15H18ClN5O. The Morgan fingerprint density at radius 3 is 2.86 bits per heavy atom. The topological polar surface area (TPSA) is 82.8 Å². The van der Waals surface area contributed by atoms with Crippen molar-refractivity contribution in [3.8, 4) is 0 Å². The van der Waals surface area contributed by atoms with Crippen LogP contribution in [-0.2, 0) is 18.5 Å². The lowest BCUT2D eigenvalue weighted by Gasteiger charge is -2.34. The zero-order valence-corrected chi connectivity index (χ0v) is 12.9. The first-order valence-corrected chi connectivity index (χ1v) is 7.26. The monoisotopic (exact) mass is 319 g/mol. The summed E-state index contributed by atoms with van der Waals surface area (Å²) in [5.41, 5.74) is 7.96. The minimum atomic E-state index is -0.358. The van der Waals surface area contributed by atoms with Crippen LogP contribution in [-0.4, -0.2) is 19.7 Å². The standard InChI is InChI=1S/C15H17N5O.ClH/c16-15(7-3-8-15)14-18-13(21-19-14)6-9-20-10-17-11-4-1-2-5-12(11)20;/h1-2,4-5,10H,3,6-9,16H2;1H. The number of nitrogens with zero attached hydrogens (tertiary/aromatic N) is 4. The van der Waals surface area contributed by atoms with E-state index < -0.39 is 0 Å². The molecule has 1 fully saturated rings. The summed E-state index contributed by atoms with van der Waals surface area (Å²) in [6.45, 7) is 0.764. The van der Waals surface area contributed by atoms with Crippen LogP contribution in [0.5, 0.6) is 0 Å². The van der Waals surface area contributed by atoms with E-state index in [0.29, 0.717) is 18.1 Å². The Labute approximate surface area is 134 Å². The van der Waals surface area contributed by atoms with Crippen molar-refractivity contribution in [1.29, 1.82) is 0 Å². The fourth-order valence-electron chi connectivity index (χ4n) is 2.74. The van der Waals surface area contributed by atoms with Gasteiger partial charge in [-0.25, -0.2) is 4.98 Å². The summed E-state index contributed by atoms with van der Waals surface area (Å²) >= 11 is 0. The first-order valence-electron chi connectivity index (χ1n) is 7.26. The summed E-state index contributed by atoms with van der Waals surface area (Å²) < 4.78 is 7.42. The minimum Gasteiger partial charge on any atom is -0.339 e. The van der Waals surface area contributed by atoms with Crippen molar-refractivity contribution in [2.45, 2.75) is 37.8 Å². The molecule has 3 aromatic rings. The van der Waals surface area contributed by atoms with Gasteiger partial charge in [0.25, 0.3) is 0 Å². The maximum atomic E-state index is 6.20. The molecule has 4 rings (SSSR count). The van der Waals surface area contributed by atoms with Crippen LogP contribution < -0.4 is 5.73 Å².